The minimum Gasteiger partial charge on any atom is -0.495 e. The molecular weight excluding hydrogens is 190 g/mol. The lowest BCUT2D eigenvalue weighted by molar-refractivity contribution is 0.218. The van der Waals surface area contributed by atoms with E-state index in [4.69, 9.17) is 10.00 Å². The predicted molar refractivity (Wildman–Crippen MR) is 57.8 cm³/mol. The lowest BCUT2D eigenvalue weighted by atomic mass is 9.85. The molecule has 1 aromatic carbocycles. The van der Waals surface area contributed by atoms with E-state index in [0.717, 1.165) is 5.56 Å². The van der Waals surface area contributed by atoms with Crippen LogP contribution in [0.15, 0.2) is 18.2 Å². The molecule has 0 saturated carbocycles. The molecule has 0 aliphatic carbocycles. The smallest absolute Gasteiger partial charge is 0.136 e. The van der Waals surface area contributed by atoms with Gasteiger partial charge in [-0.1, -0.05) is 19.9 Å². The van der Waals surface area contributed by atoms with E-state index >= 15 is 0 Å². The Morgan fingerprint density at radius 2 is 2.13 bits per heavy atom. The van der Waals surface area contributed by atoms with Crippen molar-refractivity contribution in [2.45, 2.75) is 19.3 Å². The summed E-state index contributed by atoms with van der Waals surface area (Å²) < 4.78 is 5.05. The van der Waals surface area contributed by atoms with Crippen molar-refractivity contribution in [3.05, 3.63) is 29.3 Å². The van der Waals surface area contributed by atoms with Gasteiger partial charge in [-0.05, 0) is 17.7 Å². The van der Waals surface area contributed by atoms with Gasteiger partial charge in [0.25, 0.3) is 0 Å². The first-order chi connectivity index (χ1) is 7.05. The maximum absolute atomic E-state index is 9.22. The fraction of sp³-hybridized carbons (Fsp3) is 0.417. The van der Waals surface area contributed by atoms with Crippen LogP contribution in [0.25, 0.3) is 0 Å². The second-order valence-electron chi connectivity index (χ2n) is 4.07. The average molecular weight is 205 g/mol. The van der Waals surface area contributed by atoms with E-state index in [0.29, 0.717) is 11.3 Å². The van der Waals surface area contributed by atoms with Gasteiger partial charge in [0, 0.05) is 5.41 Å². The highest BCUT2D eigenvalue weighted by molar-refractivity contribution is 5.47. The number of aliphatic hydroxyl groups excluding tert-OH is 1. The Bertz CT molecular complexity index is 391. The van der Waals surface area contributed by atoms with Crippen LogP contribution in [0.1, 0.15) is 25.0 Å². The van der Waals surface area contributed by atoms with E-state index in [2.05, 4.69) is 6.07 Å². The number of rotatable bonds is 3. The van der Waals surface area contributed by atoms with Gasteiger partial charge in [-0.2, -0.15) is 5.26 Å². The van der Waals surface area contributed by atoms with E-state index in [1.807, 2.05) is 19.9 Å². The summed E-state index contributed by atoms with van der Waals surface area (Å²) in [5.74, 6) is 0.565. The SMILES string of the molecule is COc1ccc(C(C)(C)CO)cc1C#N. The Balaban J connectivity index is 3.21. The van der Waals surface area contributed by atoms with E-state index in [-0.39, 0.29) is 12.0 Å². The minimum atomic E-state index is -0.335. The van der Waals surface area contributed by atoms with E-state index < -0.39 is 0 Å². The number of aliphatic hydroxyl groups is 1. The van der Waals surface area contributed by atoms with Crippen LogP contribution in [0.2, 0.25) is 0 Å². The molecule has 0 aliphatic rings. The number of ether oxygens (including phenoxy) is 1. The van der Waals surface area contributed by atoms with Gasteiger partial charge in [-0.25, -0.2) is 0 Å². The quantitative estimate of drug-likeness (QED) is 0.819. The summed E-state index contributed by atoms with van der Waals surface area (Å²) in [6.45, 7) is 3.90. The van der Waals surface area contributed by atoms with Gasteiger partial charge in [0.2, 0.25) is 0 Å². The van der Waals surface area contributed by atoms with E-state index in [1.54, 1.807) is 12.1 Å². The predicted octanol–water partition coefficient (Wildman–Crippen LogP) is 1.84. The zero-order chi connectivity index (χ0) is 11.5. The molecule has 0 unspecified atom stereocenters. The molecular formula is C12H15NO2. The molecule has 1 rings (SSSR count). The minimum absolute atomic E-state index is 0.0458. The molecule has 15 heavy (non-hydrogen) atoms. The Hall–Kier alpha value is -1.53. The first kappa shape index (κ1) is 11.5. The largest absolute Gasteiger partial charge is 0.495 e. The van der Waals surface area contributed by atoms with Crippen LogP contribution < -0.4 is 4.74 Å². The van der Waals surface area contributed by atoms with E-state index in [9.17, 15) is 5.11 Å². The molecule has 0 fully saturated rings. The molecule has 0 radical (unpaired) electrons. The third-order valence-corrected chi connectivity index (χ3v) is 2.50. The highest BCUT2D eigenvalue weighted by atomic mass is 16.5. The highest BCUT2D eigenvalue weighted by Gasteiger charge is 2.20. The second-order valence-corrected chi connectivity index (χ2v) is 4.07. The van der Waals surface area contributed by atoms with Crippen molar-refractivity contribution in [1.29, 1.82) is 5.26 Å². The molecule has 1 aromatic rings. The van der Waals surface area contributed by atoms with Crippen molar-refractivity contribution < 1.29 is 9.84 Å². The molecule has 0 saturated heterocycles. The third kappa shape index (κ3) is 2.28. The van der Waals surface area contributed by atoms with Gasteiger partial charge in [0.1, 0.15) is 11.8 Å². The molecule has 0 aliphatic heterocycles. The van der Waals surface area contributed by atoms with Gasteiger partial charge >= 0.3 is 0 Å². The van der Waals surface area contributed by atoms with Crippen LogP contribution >= 0.6 is 0 Å². The monoisotopic (exact) mass is 205 g/mol. The fourth-order valence-electron chi connectivity index (χ4n) is 1.31. The van der Waals surface area contributed by atoms with Crippen molar-refractivity contribution in [2.75, 3.05) is 13.7 Å². The Labute approximate surface area is 89.9 Å². The normalized spacial score (nSPS) is 10.9. The fourth-order valence-corrected chi connectivity index (χ4v) is 1.31. The number of hydrogen-bond acceptors (Lipinski definition) is 3. The maximum Gasteiger partial charge on any atom is 0.136 e. The number of nitrogens with zero attached hydrogens (tertiary/aromatic N) is 1. The van der Waals surface area contributed by atoms with E-state index in [1.165, 1.54) is 7.11 Å². The third-order valence-electron chi connectivity index (χ3n) is 2.50. The second kappa shape index (κ2) is 4.33. The summed E-state index contributed by atoms with van der Waals surface area (Å²) in [4.78, 5) is 0. The van der Waals surface area contributed by atoms with Gasteiger partial charge < -0.3 is 9.84 Å². The molecule has 3 nitrogen and oxygen atoms in total. The molecule has 0 aromatic heterocycles. The average Bonchev–Trinajstić information content (AvgIpc) is 2.28. The Morgan fingerprint density at radius 3 is 2.60 bits per heavy atom. The van der Waals surface area contributed by atoms with Crippen LogP contribution in [0.5, 0.6) is 5.75 Å². The zero-order valence-electron chi connectivity index (χ0n) is 9.24. The molecule has 0 bridgehead atoms. The van der Waals surface area contributed by atoms with Gasteiger partial charge in [-0.15, -0.1) is 0 Å². The Morgan fingerprint density at radius 1 is 1.47 bits per heavy atom. The van der Waals surface area contributed by atoms with Crippen molar-refractivity contribution in [3.8, 4) is 11.8 Å². The summed E-state index contributed by atoms with van der Waals surface area (Å²) in [5.41, 5.74) is 1.09. The van der Waals surface area contributed by atoms with Crippen LogP contribution in [-0.4, -0.2) is 18.8 Å². The summed E-state index contributed by atoms with van der Waals surface area (Å²) in [6.07, 6.45) is 0. The van der Waals surface area contributed by atoms with Crippen LogP contribution in [0.3, 0.4) is 0 Å². The lowest BCUT2D eigenvalue weighted by Crippen LogP contribution is -2.22. The number of hydrogen-bond donors (Lipinski definition) is 1. The molecule has 80 valence electrons. The topological polar surface area (TPSA) is 53.2 Å². The lowest BCUT2D eigenvalue weighted by Gasteiger charge is -2.22. The molecule has 0 atom stereocenters. The van der Waals surface area contributed by atoms with Gasteiger partial charge in [-0.3, -0.25) is 0 Å². The van der Waals surface area contributed by atoms with Crippen LogP contribution in [-0.2, 0) is 5.41 Å². The molecule has 0 amide bonds. The molecule has 0 spiro atoms. The summed E-state index contributed by atoms with van der Waals surface area (Å²) in [6, 6.07) is 7.46. The van der Waals surface area contributed by atoms with Crippen molar-refractivity contribution in [3.63, 3.8) is 0 Å². The van der Waals surface area contributed by atoms with Crippen LogP contribution in [0.4, 0.5) is 0 Å². The molecule has 0 heterocycles. The molecule has 3 heteroatoms. The zero-order valence-corrected chi connectivity index (χ0v) is 9.24. The maximum atomic E-state index is 9.22. The number of methoxy groups -OCH3 is 1. The summed E-state index contributed by atoms with van der Waals surface area (Å²) >= 11 is 0. The molecule has 1 N–H and O–H groups in total. The summed E-state index contributed by atoms with van der Waals surface area (Å²) in [7, 11) is 1.53. The highest BCUT2D eigenvalue weighted by Crippen LogP contribution is 2.27. The standard InChI is InChI=1S/C12H15NO2/c1-12(2,8-14)10-4-5-11(15-3)9(6-10)7-13/h4-6,14H,8H2,1-3H3. The van der Waals surface area contributed by atoms with Crippen molar-refractivity contribution >= 4 is 0 Å². The van der Waals surface area contributed by atoms with Gasteiger partial charge in [0.05, 0.1) is 19.3 Å². The Kier molecular flexibility index (Phi) is 3.33. The number of benzene rings is 1. The number of nitriles is 1. The van der Waals surface area contributed by atoms with Crippen molar-refractivity contribution in [1.82, 2.24) is 0 Å². The van der Waals surface area contributed by atoms with Crippen LogP contribution in [0, 0.1) is 11.3 Å². The first-order valence-corrected chi connectivity index (χ1v) is 4.74. The van der Waals surface area contributed by atoms with Crippen molar-refractivity contribution in [2.24, 2.45) is 0 Å². The summed E-state index contributed by atoms with van der Waals surface area (Å²) in [5, 5.41) is 18.1. The first-order valence-electron chi connectivity index (χ1n) is 4.74. The van der Waals surface area contributed by atoms with Gasteiger partial charge in [0.15, 0.2) is 0 Å².